The van der Waals surface area contributed by atoms with Crippen molar-refractivity contribution in [3.05, 3.63) is 12.1 Å². The second-order valence-electron chi connectivity index (χ2n) is 3.62. The zero-order valence-corrected chi connectivity index (χ0v) is 11.3. The maximum absolute atomic E-state index is 13.3. The number of halogens is 13. The summed E-state index contributed by atoms with van der Waals surface area (Å²) in [7, 11) is 0. The molecule has 0 aromatic heterocycles. The SMILES string of the molecule is O=S([O-])C(F)(F)C(F)(F)OC(F)(C(F)(F)F)C(F)(F)OC(F)=C(F)F. The Hall–Kier alpha value is -1.30. The van der Waals surface area contributed by atoms with Crippen molar-refractivity contribution >= 4 is 11.1 Å². The van der Waals surface area contributed by atoms with Gasteiger partial charge in [0.05, 0.1) is 0 Å². The average Bonchev–Trinajstić information content (AvgIpc) is 2.35. The van der Waals surface area contributed by atoms with Crippen molar-refractivity contribution in [2.45, 2.75) is 29.5 Å². The van der Waals surface area contributed by atoms with Gasteiger partial charge >= 0.3 is 41.6 Å². The molecule has 2 unspecified atom stereocenters. The molecule has 0 saturated heterocycles. The quantitative estimate of drug-likeness (QED) is 0.351. The van der Waals surface area contributed by atoms with Crippen LogP contribution in [0.15, 0.2) is 12.1 Å². The van der Waals surface area contributed by atoms with Gasteiger partial charge in [0.15, 0.2) is 0 Å². The summed E-state index contributed by atoms with van der Waals surface area (Å²) in [5, 5.41) is -6.70. The zero-order chi connectivity index (χ0) is 20.6. The highest BCUT2D eigenvalue weighted by atomic mass is 32.2. The molecule has 0 rings (SSSR count). The minimum absolute atomic E-state index is 1.58. The van der Waals surface area contributed by atoms with E-state index in [9.17, 15) is 65.8 Å². The Labute approximate surface area is 129 Å². The van der Waals surface area contributed by atoms with Gasteiger partial charge in [0.2, 0.25) is 0 Å². The Morgan fingerprint density at radius 2 is 1.20 bits per heavy atom. The Bertz CT molecular complexity index is 553. The first kappa shape index (κ1) is 23.7. The molecule has 0 aliphatic heterocycles. The molecule has 0 aliphatic carbocycles. The monoisotopic (exact) mass is 427 g/mol. The second kappa shape index (κ2) is 6.78. The van der Waals surface area contributed by atoms with Gasteiger partial charge < -0.3 is 9.29 Å². The van der Waals surface area contributed by atoms with E-state index in [4.69, 9.17) is 0 Å². The Balaban J connectivity index is 6.20. The Kier molecular flexibility index (Phi) is 6.43. The predicted molar refractivity (Wildman–Crippen MR) is 46.2 cm³/mol. The fourth-order valence-electron chi connectivity index (χ4n) is 0.832. The summed E-state index contributed by atoms with van der Waals surface area (Å²) in [5.74, 6) is -7.39. The molecule has 0 aromatic rings. The van der Waals surface area contributed by atoms with Crippen LogP contribution < -0.4 is 0 Å². The fourth-order valence-corrected chi connectivity index (χ4v) is 1.07. The standard InChI is InChI=1S/C7HF13O4S/c8-1(9)2(10)23-5(15,16)3(11,4(12,13)14)24-6(17,18)7(19,20)25(21)22/h(H,21,22)/p-1. The van der Waals surface area contributed by atoms with Gasteiger partial charge in [-0.15, -0.1) is 0 Å². The minimum atomic E-state index is -7.44. The summed E-state index contributed by atoms with van der Waals surface area (Å²) in [6.45, 7) is 0. The molecule has 0 N–H and O–H groups in total. The lowest BCUT2D eigenvalue weighted by Gasteiger charge is -2.37. The molecule has 0 heterocycles. The topological polar surface area (TPSA) is 58.6 Å². The van der Waals surface area contributed by atoms with Crippen LogP contribution in [0.2, 0.25) is 0 Å². The van der Waals surface area contributed by atoms with Gasteiger partial charge in [-0.3, -0.25) is 8.95 Å². The van der Waals surface area contributed by atoms with Crippen LogP contribution in [0.5, 0.6) is 0 Å². The summed E-state index contributed by atoms with van der Waals surface area (Å²) in [4.78, 5) is 0. The van der Waals surface area contributed by atoms with E-state index >= 15 is 0 Å². The molecule has 18 heteroatoms. The van der Waals surface area contributed by atoms with E-state index in [1.807, 2.05) is 4.74 Å². The fraction of sp³-hybridized carbons (Fsp3) is 0.714. The van der Waals surface area contributed by atoms with E-state index in [1.54, 1.807) is 4.74 Å². The van der Waals surface area contributed by atoms with Gasteiger partial charge in [0, 0.05) is 11.1 Å². The van der Waals surface area contributed by atoms with E-state index in [1.165, 1.54) is 0 Å². The molecule has 150 valence electrons. The number of rotatable bonds is 7. The lowest BCUT2D eigenvalue weighted by molar-refractivity contribution is -0.510. The molecular weight excluding hydrogens is 427 g/mol. The van der Waals surface area contributed by atoms with Gasteiger partial charge in [0.1, 0.15) is 0 Å². The smallest absolute Gasteiger partial charge is 0.471 e. The Morgan fingerprint density at radius 3 is 1.48 bits per heavy atom. The lowest BCUT2D eigenvalue weighted by Crippen LogP contribution is -2.63. The first-order chi connectivity index (χ1) is 10.7. The maximum atomic E-state index is 13.3. The normalized spacial score (nSPS) is 17.7. The number of hydrogen-bond donors (Lipinski definition) is 0. The first-order valence-corrected chi connectivity index (χ1v) is 5.89. The minimum Gasteiger partial charge on any atom is -0.768 e. The van der Waals surface area contributed by atoms with Crippen LogP contribution >= 0.6 is 0 Å². The summed E-state index contributed by atoms with van der Waals surface area (Å²) >= 11 is -5.33. The third-order valence-electron chi connectivity index (χ3n) is 1.92. The number of hydrogen-bond acceptors (Lipinski definition) is 4. The summed E-state index contributed by atoms with van der Waals surface area (Å²) < 4.78 is 185. The van der Waals surface area contributed by atoms with Crippen LogP contribution in [0.25, 0.3) is 0 Å². The van der Waals surface area contributed by atoms with Crippen LogP contribution in [0.3, 0.4) is 0 Å². The highest BCUT2D eigenvalue weighted by Gasteiger charge is 2.81. The van der Waals surface area contributed by atoms with Gasteiger partial charge in [-0.05, 0) is 0 Å². The third-order valence-corrected chi connectivity index (χ3v) is 2.58. The van der Waals surface area contributed by atoms with Crippen LogP contribution in [0.1, 0.15) is 0 Å². The largest absolute Gasteiger partial charge is 0.768 e. The molecule has 0 fully saturated rings. The lowest BCUT2D eigenvalue weighted by atomic mass is 10.2. The van der Waals surface area contributed by atoms with E-state index in [-0.39, 0.29) is 0 Å². The van der Waals surface area contributed by atoms with E-state index in [0.717, 1.165) is 0 Å². The molecule has 25 heavy (non-hydrogen) atoms. The molecule has 0 aliphatic rings. The summed E-state index contributed by atoms with van der Waals surface area (Å²) in [6, 6.07) is -3.90. The molecular formula is C7F13O4S-. The third kappa shape index (κ3) is 4.46. The van der Waals surface area contributed by atoms with E-state index in [2.05, 4.69) is 0 Å². The van der Waals surface area contributed by atoms with E-state index in [0.29, 0.717) is 0 Å². The van der Waals surface area contributed by atoms with Crippen LogP contribution in [0, 0.1) is 0 Å². The predicted octanol–water partition coefficient (Wildman–Crippen LogP) is 3.94. The maximum Gasteiger partial charge on any atom is 0.471 e. The highest BCUT2D eigenvalue weighted by Crippen LogP contribution is 2.53. The molecule has 0 amide bonds. The molecule has 0 aromatic carbocycles. The van der Waals surface area contributed by atoms with Crippen molar-refractivity contribution in [1.29, 1.82) is 0 Å². The van der Waals surface area contributed by atoms with Gasteiger partial charge in [-0.2, -0.15) is 57.1 Å². The summed E-state index contributed by atoms with van der Waals surface area (Å²) in [6.07, 6.45) is -25.6. The van der Waals surface area contributed by atoms with Crippen molar-refractivity contribution in [2.75, 3.05) is 0 Å². The number of alkyl halides is 10. The summed E-state index contributed by atoms with van der Waals surface area (Å²) in [5.41, 5.74) is 0. The number of ether oxygens (including phenoxy) is 2. The molecule has 4 nitrogen and oxygen atoms in total. The van der Waals surface area contributed by atoms with Crippen molar-refractivity contribution in [2.24, 2.45) is 0 Å². The van der Waals surface area contributed by atoms with Crippen LogP contribution in [0.4, 0.5) is 57.1 Å². The molecule has 0 radical (unpaired) electrons. The molecule has 2 atom stereocenters. The van der Waals surface area contributed by atoms with Gasteiger partial charge in [0.25, 0.3) is 0 Å². The van der Waals surface area contributed by atoms with Crippen molar-refractivity contribution in [1.82, 2.24) is 0 Å². The second-order valence-corrected chi connectivity index (χ2v) is 4.60. The van der Waals surface area contributed by atoms with Crippen molar-refractivity contribution in [3.63, 3.8) is 0 Å². The molecule has 0 spiro atoms. The van der Waals surface area contributed by atoms with E-state index < -0.39 is 52.7 Å². The van der Waals surface area contributed by atoms with Crippen molar-refractivity contribution in [3.8, 4) is 0 Å². The van der Waals surface area contributed by atoms with Crippen LogP contribution in [-0.2, 0) is 20.6 Å². The Morgan fingerprint density at radius 1 is 0.800 bits per heavy atom. The average molecular weight is 427 g/mol. The highest BCUT2D eigenvalue weighted by molar-refractivity contribution is 7.80. The van der Waals surface area contributed by atoms with Crippen molar-refractivity contribution < 1.29 is 75.3 Å². The first-order valence-electron chi connectivity index (χ1n) is 4.81. The molecule has 0 saturated carbocycles. The van der Waals surface area contributed by atoms with Gasteiger partial charge in [-0.1, -0.05) is 0 Å². The molecule has 0 bridgehead atoms. The van der Waals surface area contributed by atoms with Crippen LogP contribution in [-0.4, -0.2) is 38.3 Å². The zero-order valence-electron chi connectivity index (χ0n) is 10.5. The van der Waals surface area contributed by atoms with Gasteiger partial charge in [-0.25, -0.2) is 0 Å².